The molecular formula is C8H12IN. The van der Waals surface area contributed by atoms with Gasteiger partial charge in [-0.3, -0.25) is 4.90 Å². The fraction of sp³-hybridized carbons (Fsp3) is 1.00. The Labute approximate surface area is 75.3 Å². The van der Waals surface area contributed by atoms with Gasteiger partial charge in [-0.1, -0.05) is 22.6 Å². The van der Waals surface area contributed by atoms with Crippen molar-refractivity contribution in [2.24, 2.45) is 11.8 Å². The normalized spacial score (nSPS) is 58.5. The first-order valence-electron chi connectivity index (χ1n) is 4.26. The fourth-order valence-corrected chi connectivity index (χ4v) is 4.34. The molecule has 0 N–H and O–H groups in total. The van der Waals surface area contributed by atoms with Crippen LogP contribution in [0.1, 0.15) is 12.8 Å². The summed E-state index contributed by atoms with van der Waals surface area (Å²) in [6, 6.07) is 1.02. The Hall–Kier alpha value is 0.690. The molecule has 2 heterocycles. The molecule has 2 aliphatic heterocycles. The van der Waals surface area contributed by atoms with Crippen LogP contribution in [0.5, 0.6) is 0 Å². The van der Waals surface area contributed by atoms with Gasteiger partial charge in [0.15, 0.2) is 0 Å². The zero-order valence-corrected chi connectivity index (χ0v) is 8.12. The van der Waals surface area contributed by atoms with Gasteiger partial charge in [-0.25, -0.2) is 0 Å². The minimum Gasteiger partial charge on any atom is -0.300 e. The summed E-state index contributed by atoms with van der Waals surface area (Å²) >= 11 is 2.64. The van der Waals surface area contributed by atoms with Gasteiger partial charge in [0.1, 0.15) is 0 Å². The number of hydrogen-bond acceptors (Lipinski definition) is 1. The van der Waals surface area contributed by atoms with E-state index in [0.29, 0.717) is 0 Å². The topological polar surface area (TPSA) is 3.24 Å². The van der Waals surface area contributed by atoms with Gasteiger partial charge in [-0.15, -0.1) is 0 Å². The highest BCUT2D eigenvalue weighted by molar-refractivity contribution is 14.1. The molecule has 10 heavy (non-hydrogen) atoms. The lowest BCUT2D eigenvalue weighted by Gasteiger charge is -2.18. The van der Waals surface area contributed by atoms with Crippen molar-refractivity contribution >= 4 is 22.6 Å². The van der Waals surface area contributed by atoms with E-state index in [1.807, 2.05) is 0 Å². The molecule has 0 aromatic carbocycles. The molecule has 1 aliphatic carbocycles. The van der Waals surface area contributed by atoms with Crippen molar-refractivity contribution < 1.29 is 0 Å². The lowest BCUT2D eigenvalue weighted by atomic mass is 10.1. The molecule has 3 aliphatic rings. The number of alkyl halides is 1. The van der Waals surface area contributed by atoms with E-state index in [4.69, 9.17) is 0 Å². The molecule has 0 bridgehead atoms. The Morgan fingerprint density at radius 1 is 1.40 bits per heavy atom. The first-order valence-corrected chi connectivity index (χ1v) is 5.50. The van der Waals surface area contributed by atoms with E-state index in [1.54, 1.807) is 0 Å². The SMILES string of the molecule is IC1C2CN3CCCC3C12. The summed E-state index contributed by atoms with van der Waals surface area (Å²) in [4.78, 5) is 2.71. The summed E-state index contributed by atoms with van der Waals surface area (Å²) in [6.45, 7) is 2.84. The number of hydrogen-bond donors (Lipinski definition) is 0. The zero-order chi connectivity index (χ0) is 6.72. The summed E-state index contributed by atoms with van der Waals surface area (Å²) in [5.74, 6) is 2.22. The minimum atomic E-state index is 1.02. The number of rotatable bonds is 0. The van der Waals surface area contributed by atoms with Gasteiger partial charge in [-0.2, -0.15) is 0 Å². The first-order chi connectivity index (χ1) is 4.88. The monoisotopic (exact) mass is 249 g/mol. The summed E-state index contributed by atoms with van der Waals surface area (Å²) in [6.07, 6.45) is 2.97. The van der Waals surface area contributed by atoms with Crippen molar-refractivity contribution in [1.82, 2.24) is 4.90 Å². The predicted molar refractivity (Wildman–Crippen MR) is 49.4 cm³/mol. The Morgan fingerprint density at radius 3 is 3.20 bits per heavy atom. The third kappa shape index (κ3) is 0.624. The van der Waals surface area contributed by atoms with E-state index in [0.717, 1.165) is 21.8 Å². The average molecular weight is 249 g/mol. The number of nitrogens with zero attached hydrogens (tertiary/aromatic N) is 1. The molecule has 3 fully saturated rings. The van der Waals surface area contributed by atoms with Gasteiger partial charge < -0.3 is 0 Å². The summed E-state index contributed by atoms with van der Waals surface area (Å²) in [5.41, 5.74) is 0. The van der Waals surface area contributed by atoms with E-state index in [-0.39, 0.29) is 0 Å². The average Bonchev–Trinajstić information content (AvgIpc) is 2.27. The van der Waals surface area contributed by atoms with Crippen LogP contribution in [0.3, 0.4) is 0 Å². The second kappa shape index (κ2) is 1.89. The highest BCUT2D eigenvalue weighted by atomic mass is 127. The molecule has 0 spiro atoms. The van der Waals surface area contributed by atoms with Crippen molar-refractivity contribution in [2.45, 2.75) is 22.8 Å². The molecule has 4 atom stereocenters. The Balaban J connectivity index is 1.84. The zero-order valence-electron chi connectivity index (χ0n) is 5.96. The van der Waals surface area contributed by atoms with Gasteiger partial charge in [0, 0.05) is 16.5 Å². The minimum absolute atomic E-state index is 1.02. The highest BCUT2D eigenvalue weighted by Gasteiger charge is 2.60. The number of piperidine rings is 1. The van der Waals surface area contributed by atoms with Crippen LogP contribution >= 0.6 is 22.6 Å². The lowest BCUT2D eigenvalue weighted by molar-refractivity contribution is 0.287. The Bertz CT molecular complexity index is 171. The van der Waals surface area contributed by atoms with E-state index in [9.17, 15) is 0 Å². The molecule has 2 saturated heterocycles. The molecule has 3 rings (SSSR count). The molecule has 0 radical (unpaired) electrons. The molecule has 1 nitrogen and oxygen atoms in total. The van der Waals surface area contributed by atoms with Crippen LogP contribution in [0.2, 0.25) is 0 Å². The van der Waals surface area contributed by atoms with Gasteiger partial charge in [0.25, 0.3) is 0 Å². The van der Waals surface area contributed by atoms with Crippen LogP contribution in [0.25, 0.3) is 0 Å². The molecule has 0 aromatic heterocycles. The van der Waals surface area contributed by atoms with E-state index in [2.05, 4.69) is 27.5 Å². The van der Waals surface area contributed by atoms with Crippen molar-refractivity contribution in [3.05, 3.63) is 0 Å². The fourth-order valence-electron chi connectivity index (χ4n) is 2.86. The molecule has 56 valence electrons. The molecule has 4 unspecified atom stereocenters. The number of fused-ring (bicyclic) bond motifs is 3. The summed E-state index contributed by atoms with van der Waals surface area (Å²) < 4.78 is 1.05. The van der Waals surface area contributed by atoms with E-state index < -0.39 is 0 Å². The van der Waals surface area contributed by atoms with Crippen LogP contribution in [0.4, 0.5) is 0 Å². The third-order valence-electron chi connectivity index (χ3n) is 3.43. The molecule has 2 heteroatoms. The van der Waals surface area contributed by atoms with Crippen molar-refractivity contribution in [1.29, 1.82) is 0 Å². The van der Waals surface area contributed by atoms with Crippen LogP contribution in [-0.4, -0.2) is 28.0 Å². The van der Waals surface area contributed by atoms with Crippen molar-refractivity contribution in [2.75, 3.05) is 13.1 Å². The van der Waals surface area contributed by atoms with Gasteiger partial charge >= 0.3 is 0 Å². The van der Waals surface area contributed by atoms with Crippen LogP contribution in [-0.2, 0) is 0 Å². The van der Waals surface area contributed by atoms with Crippen LogP contribution < -0.4 is 0 Å². The van der Waals surface area contributed by atoms with E-state index >= 15 is 0 Å². The molecule has 1 saturated carbocycles. The molecule has 0 amide bonds. The third-order valence-corrected chi connectivity index (χ3v) is 5.19. The highest BCUT2D eigenvalue weighted by Crippen LogP contribution is 2.57. The standard InChI is InChI=1S/C8H12IN/c9-8-5-4-10-3-1-2-6(10)7(5)8/h5-8H,1-4H2. The Kier molecular flexibility index (Phi) is 1.18. The van der Waals surface area contributed by atoms with E-state index in [1.165, 1.54) is 25.9 Å². The van der Waals surface area contributed by atoms with Crippen molar-refractivity contribution in [3.63, 3.8) is 0 Å². The number of halogens is 1. The summed E-state index contributed by atoms with van der Waals surface area (Å²) in [5, 5.41) is 0. The first kappa shape index (κ1) is 6.23. The maximum Gasteiger partial charge on any atom is 0.0200 e. The molecular weight excluding hydrogens is 237 g/mol. The smallest absolute Gasteiger partial charge is 0.0200 e. The van der Waals surface area contributed by atoms with Gasteiger partial charge in [0.05, 0.1) is 0 Å². The summed E-state index contributed by atoms with van der Waals surface area (Å²) in [7, 11) is 0. The second-order valence-corrected chi connectivity index (χ2v) is 5.33. The van der Waals surface area contributed by atoms with Gasteiger partial charge in [0.2, 0.25) is 0 Å². The maximum atomic E-state index is 2.71. The predicted octanol–water partition coefficient (Wildman–Crippen LogP) is 1.51. The quantitative estimate of drug-likeness (QED) is 0.464. The lowest BCUT2D eigenvalue weighted by Crippen LogP contribution is -2.28. The largest absolute Gasteiger partial charge is 0.300 e. The Morgan fingerprint density at radius 2 is 2.30 bits per heavy atom. The molecule has 0 aromatic rings. The second-order valence-electron chi connectivity index (χ2n) is 3.89. The van der Waals surface area contributed by atoms with Gasteiger partial charge in [-0.05, 0) is 31.2 Å². The van der Waals surface area contributed by atoms with Crippen LogP contribution in [0, 0.1) is 11.8 Å². The maximum absolute atomic E-state index is 2.71. The van der Waals surface area contributed by atoms with Crippen molar-refractivity contribution in [3.8, 4) is 0 Å². The van der Waals surface area contributed by atoms with Crippen LogP contribution in [0.15, 0.2) is 0 Å².